The van der Waals surface area contributed by atoms with Crippen molar-refractivity contribution in [2.24, 2.45) is 10.2 Å². The Balaban J connectivity index is 1.59. The van der Waals surface area contributed by atoms with E-state index in [4.69, 9.17) is 18.9 Å². The first kappa shape index (κ1) is 29.6. The number of hydrogen-bond donors (Lipinski definition) is 0. The maximum Gasteiger partial charge on any atom is 0.333 e. The highest BCUT2D eigenvalue weighted by atomic mass is 16.6. The molecule has 0 amide bonds. The van der Waals surface area contributed by atoms with E-state index in [0.29, 0.717) is 56.6 Å². The van der Waals surface area contributed by atoms with E-state index in [1.807, 2.05) is 24.3 Å². The Bertz CT molecular complexity index is 1010. The van der Waals surface area contributed by atoms with Crippen molar-refractivity contribution < 1.29 is 28.7 Å². The van der Waals surface area contributed by atoms with Crippen LogP contribution < -0.4 is 4.90 Å². The Morgan fingerprint density at radius 2 is 1.35 bits per heavy atom. The number of carbonyl (C=O) groups excluding carboxylic acids is 1. The molecule has 0 aromatic heterocycles. The van der Waals surface area contributed by atoms with Crippen molar-refractivity contribution in [2.75, 3.05) is 64.2 Å². The molecule has 0 atom stereocenters. The number of azo groups is 1. The van der Waals surface area contributed by atoms with Crippen LogP contribution in [0.4, 0.5) is 22.7 Å². The van der Waals surface area contributed by atoms with Crippen LogP contribution in [0.2, 0.25) is 0 Å². The van der Waals surface area contributed by atoms with E-state index in [9.17, 15) is 14.9 Å². The summed E-state index contributed by atoms with van der Waals surface area (Å²) in [5, 5.41) is 19.0. The van der Waals surface area contributed by atoms with Gasteiger partial charge < -0.3 is 23.8 Å². The first-order chi connectivity index (χ1) is 17.9. The van der Waals surface area contributed by atoms with Crippen molar-refractivity contribution in [3.63, 3.8) is 0 Å². The number of rotatable bonds is 18. The summed E-state index contributed by atoms with van der Waals surface area (Å²) in [5.74, 6) is -0.418. The molecule has 37 heavy (non-hydrogen) atoms. The van der Waals surface area contributed by atoms with E-state index in [1.54, 1.807) is 19.1 Å². The second kappa shape index (κ2) is 16.9. The van der Waals surface area contributed by atoms with E-state index >= 15 is 0 Å². The normalized spacial score (nSPS) is 11.0. The highest BCUT2D eigenvalue weighted by Gasteiger charge is 2.06. The standard InChI is InChI=1S/C26H34N4O7/c1-4-29(13-14-34-15-16-35-17-18-36-19-20-37-26(31)21(2)3)24-9-5-22(6-10-24)27-28-23-7-11-25(12-8-23)30(32)33/h5-12H,2,4,13-20H2,1,3H3. The summed E-state index contributed by atoms with van der Waals surface area (Å²) in [6, 6.07) is 13.6. The summed E-state index contributed by atoms with van der Waals surface area (Å²) < 4.78 is 21.4. The third-order valence-corrected chi connectivity index (χ3v) is 5.00. The fourth-order valence-electron chi connectivity index (χ4n) is 2.99. The largest absolute Gasteiger partial charge is 0.460 e. The molecule has 0 unspecified atom stereocenters. The molecule has 0 saturated carbocycles. The minimum Gasteiger partial charge on any atom is -0.460 e. The van der Waals surface area contributed by atoms with Crippen LogP contribution in [0.5, 0.6) is 0 Å². The zero-order valence-electron chi connectivity index (χ0n) is 21.3. The average molecular weight is 515 g/mol. The number of nitrogens with zero attached hydrogens (tertiary/aromatic N) is 4. The highest BCUT2D eigenvalue weighted by Crippen LogP contribution is 2.23. The summed E-state index contributed by atoms with van der Waals surface area (Å²) >= 11 is 0. The molecule has 0 aliphatic carbocycles. The van der Waals surface area contributed by atoms with Gasteiger partial charge in [-0.2, -0.15) is 10.2 Å². The summed E-state index contributed by atoms with van der Waals surface area (Å²) in [7, 11) is 0. The molecule has 200 valence electrons. The third kappa shape index (κ3) is 11.7. The van der Waals surface area contributed by atoms with Crippen LogP contribution >= 0.6 is 0 Å². The SMILES string of the molecule is C=C(C)C(=O)OCCOCCOCCOCCN(CC)c1ccc(N=Nc2ccc([N+](=O)[O-])cc2)cc1. The molecular weight excluding hydrogens is 480 g/mol. The molecule has 0 aliphatic rings. The number of likely N-dealkylation sites (N-methyl/N-ethyl adjacent to an activating group) is 1. The van der Waals surface area contributed by atoms with Crippen LogP contribution in [-0.4, -0.2) is 70.2 Å². The van der Waals surface area contributed by atoms with E-state index in [0.717, 1.165) is 18.8 Å². The average Bonchev–Trinajstić information content (AvgIpc) is 2.90. The molecule has 0 heterocycles. The second-order valence-corrected chi connectivity index (χ2v) is 7.82. The predicted octanol–water partition coefficient (Wildman–Crippen LogP) is 5.01. The highest BCUT2D eigenvalue weighted by molar-refractivity contribution is 5.86. The molecule has 0 bridgehead atoms. The summed E-state index contributed by atoms with van der Waals surface area (Å²) in [5.41, 5.74) is 2.65. The van der Waals surface area contributed by atoms with Gasteiger partial charge in [0.2, 0.25) is 0 Å². The number of anilines is 1. The van der Waals surface area contributed by atoms with Crippen molar-refractivity contribution in [3.8, 4) is 0 Å². The zero-order chi connectivity index (χ0) is 26.9. The van der Waals surface area contributed by atoms with E-state index < -0.39 is 10.9 Å². The number of benzene rings is 2. The van der Waals surface area contributed by atoms with Crippen molar-refractivity contribution in [2.45, 2.75) is 13.8 Å². The first-order valence-electron chi connectivity index (χ1n) is 12.0. The van der Waals surface area contributed by atoms with Crippen LogP contribution in [0.25, 0.3) is 0 Å². The topological polar surface area (TPSA) is 125 Å². The first-order valence-corrected chi connectivity index (χ1v) is 12.0. The van der Waals surface area contributed by atoms with E-state index in [1.165, 1.54) is 12.1 Å². The van der Waals surface area contributed by atoms with Gasteiger partial charge in [-0.05, 0) is 50.2 Å². The van der Waals surface area contributed by atoms with Crippen molar-refractivity contribution >= 4 is 28.7 Å². The summed E-state index contributed by atoms with van der Waals surface area (Å²) in [6.07, 6.45) is 0. The molecule has 2 aromatic carbocycles. The third-order valence-electron chi connectivity index (χ3n) is 5.00. The van der Waals surface area contributed by atoms with Gasteiger partial charge in [0, 0.05) is 36.5 Å². The lowest BCUT2D eigenvalue weighted by Gasteiger charge is -2.23. The molecule has 0 radical (unpaired) electrons. The monoisotopic (exact) mass is 514 g/mol. The van der Waals surface area contributed by atoms with E-state index in [-0.39, 0.29) is 12.3 Å². The number of hydrogen-bond acceptors (Lipinski definition) is 10. The molecule has 2 aromatic rings. The van der Waals surface area contributed by atoms with Gasteiger partial charge in [0.25, 0.3) is 5.69 Å². The van der Waals surface area contributed by atoms with E-state index in [2.05, 4.69) is 28.6 Å². The number of non-ortho nitro benzene ring substituents is 1. The maximum absolute atomic E-state index is 11.2. The molecular formula is C26H34N4O7. The molecule has 0 aliphatic heterocycles. The predicted molar refractivity (Wildman–Crippen MR) is 140 cm³/mol. The number of nitro benzene ring substituents is 1. The van der Waals surface area contributed by atoms with Gasteiger partial charge in [-0.15, -0.1) is 0 Å². The molecule has 11 nitrogen and oxygen atoms in total. The fourth-order valence-corrected chi connectivity index (χ4v) is 2.99. The number of nitro groups is 1. The van der Waals surface area contributed by atoms with Gasteiger partial charge in [-0.1, -0.05) is 6.58 Å². The van der Waals surface area contributed by atoms with Crippen LogP contribution in [-0.2, 0) is 23.7 Å². The van der Waals surface area contributed by atoms with Gasteiger partial charge in [0.05, 0.1) is 55.9 Å². The lowest BCUT2D eigenvalue weighted by Crippen LogP contribution is -2.27. The van der Waals surface area contributed by atoms with Crippen LogP contribution in [0.3, 0.4) is 0 Å². The van der Waals surface area contributed by atoms with Gasteiger partial charge in [0.15, 0.2) is 0 Å². The van der Waals surface area contributed by atoms with Crippen molar-refractivity contribution in [1.29, 1.82) is 0 Å². The summed E-state index contributed by atoms with van der Waals surface area (Å²) in [4.78, 5) is 23.7. The van der Waals surface area contributed by atoms with Gasteiger partial charge in [0.1, 0.15) is 6.61 Å². The Hall–Kier alpha value is -3.67. The quantitative estimate of drug-likeness (QED) is 0.0679. The zero-order valence-corrected chi connectivity index (χ0v) is 21.3. The molecule has 0 fully saturated rings. The molecule has 11 heteroatoms. The second-order valence-electron chi connectivity index (χ2n) is 7.82. The summed E-state index contributed by atoms with van der Waals surface area (Å²) in [6.45, 7) is 11.6. The molecule has 2 rings (SSSR count). The molecule has 0 spiro atoms. The van der Waals surface area contributed by atoms with Crippen LogP contribution in [0, 0.1) is 10.1 Å². The minimum absolute atomic E-state index is 0.0153. The van der Waals surface area contributed by atoms with Gasteiger partial charge in [-0.3, -0.25) is 10.1 Å². The van der Waals surface area contributed by atoms with Crippen molar-refractivity contribution in [3.05, 3.63) is 70.8 Å². The molecule has 0 saturated heterocycles. The van der Waals surface area contributed by atoms with Gasteiger partial charge >= 0.3 is 5.97 Å². The number of ether oxygens (including phenoxy) is 4. The fraction of sp³-hybridized carbons (Fsp3) is 0.423. The minimum atomic E-state index is -0.452. The Kier molecular flexibility index (Phi) is 13.5. The van der Waals surface area contributed by atoms with Crippen LogP contribution in [0.1, 0.15) is 13.8 Å². The lowest BCUT2D eigenvalue weighted by atomic mass is 10.2. The maximum atomic E-state index is 11.2. The Morgan fingerprint density at radius 1 is 0.865 bits per heavy atom. The Labute approximate surface area is 216 Å². The lowest BCUT2D eigenvalue weighted by molar-refractivity contribution is -0.384. The van der Waals surface area contributed by atoms with Gasteiger partial charge in [-0.25, -0.2) is 4.79 Å². The molecule has 0 N–H and O–H groups in total. The number of esters is 1. The van der Waals surface area contributed by atoms with Crippen LogP contribution in [0.15, 0.2) is 70.9 Å². The number of carbonyl (C=O) groups is 1. The Morgan fingerprint density at radius 3 is 1.84 bits per heavy atom. The smallest absolute Gasteiger partial charge is 0.333 e. The van der Waals surface area contributed by atoms with Crippen molar-refractivity contribution in [1.82, 2.24) is 0 Å².